The zero-order valence-corrected chi connectivity index (χ0v) is 13.0. The first-order valence-corrected chi connectivity index (χ1v) is 6.92. The van der Waals surface area contributed by atoms with Gasteiger partial charge in [-0.05, 0) is 49.3 Å². The lowest BCUT2D eigenvalue weighted by atomic mass is 10.1. The first kappa shape index (κ1) is 16.5. The molecular weight excluding hydrogens is 337 g/mol. The van der Waals surface area contributed by atoms with E-state index in [4.69, 9.17) is 9.47 Å². The maximum Gasteiger partial charge on any atom is 0.408 e. The number of hydrogen-bond donors (Lipinski definition) is 1. The summed E-state index contributed by atoms with van der Waals surface area (Å²) in [5.74, 6) is -0.502. The molecule has 17 heavy (non-hydrogen) atoms. The van der Waals surface area contributed by atoms with E-state index in [9.17, 15) is 9.59 Å². The molecule has 0 aliphatic rings. The van der Waals surface area contributed by atoms with Crippen molar-refractivity contribution in [3.05, 3.63) is 0 Å². The summed E-state index contributed by atoms with van der Waals surface area (Å²) < 4.78 is 10.2. The van der Waals surface area contributed by atoms with Crippen molar-refractivity contribution < 1.29 is 19.1 Å². The molecule has 1 atom stereocenters. The Labute approximate surface area is 116 Å². The Morgan fingerprint density at radius 3 is 2.18 bits per heavy atom. The van der Waals surface area contributed by atoms with Crippen LogP contribution < -0.4 is 5.32 Å². The van der Waals surface area contributed by atoms with Crippen LogP contribution in [0.2, 0.25) is 0 Å². The van der Waals surface area contributed by atoms with E-state index < -0.39 is 23.7 Å². The lowest BCUT2D eigenvalue weighted by molar-refractivity contribution is -0.144. The molecule has 0 aliphatic heterocycles. The van der Waals surface area contributed by atoms with Gasteiger partial charge < -0.3 is 14.8 Å². The predicted molar refractivity (Wildman–Crippen MR) is 73.0 cm³/mol. The predicted octanol–water partition coefficient (Wildman–Crippen LogP) is 2.47. The summed E-state index contributed by atoms with van der Waals surface area (Å²) in [7, 11) is 0. The molecule has 0 aliphatic carbocycles. The van der Waals surface area contributed by atoms with Crippen molar-refractivity contribution in [1.29, 1.82) is 0 Å². The maximum absolute atomic E-state index is 11.6. The van der Waals surface area contributed by atoms with E-state index in [1.165, 1.54) is 0 Å². The minimum Gasteiger partial charge on any atom is -0.453 e. The normalized spacial score (nSPS) is 13.1. The molecule has 5 nitrogen and oxygen atoms in total. The number of amides is 1. The number of ether oxygens (including phenoxy) is 2. The number of hydrogen-bond acceptors (Lipinski definition) is 4. The zero-order valence-electron chi connectivity index (χ0n) is 10.9. The zero-order chi connectivity index (χ0) is 13.6. The average molecular weight is 357 g/mol. The SMILES string of the molecule is CC(C)C(NC(=O)OC(C)(C)C)C(=O)OCI. The van der Waals surface area contributed by atoms with Crippen LogP contribution in [0.25, 0.3) is 0 Å². The van der Waals surface area contributed by atoms with Crippen molar-refractivity contribution in [1.82, 2.24) is 5.32 Å². The molecule has 0 fully saturated rings. The van der Waals surface area contributed by atoms with E-state index in [1.807, 2.05) is 36.4 Å². The van der Waals surface area contributed by atoms with Crippen molar-refractivity contribution in [3.8, 4) is 0 Å². The highest BCUT2D eigenvalue weighted by molar-refractivity contribution is 14.1. The molecule has 0 aromatic heterocycles. The molecule has 100 valence electrons. The van der Waals surface area contributed by atoms with E-state index in [0.29, 0.717) is 0 Å². The third-order valence-corrected chi connectivity index (χ3v) is 2.10. The Kier molecular flexibility index (Phi) is 6.81. The van der Waals surface area contributed by atoms with Crippen molar-refractivity contribution in [2.24, 2.45) is 5.92 Å². The quantitative estimate of drug-likeness (QED) is 0.477. The fraction of sp³-hybridized carbons (Fsp3) is 0.818. The lowest BCUT2D eigenvalue weighted by Gasteiger charge is -2.24. The molecule has 1 N–H and O–H groups in total. The highest BCUT2D eigenvalue weighted by atomic mass is 127. The molecule has 1 amide bonds. The molecule has 0 saturated carbocycles. The Bertz CT molecular complexity index is 273. The highest BCUT2D eigenvalue weighted by Crippen LogP contribution is 2.09. The second-order valence-electron chi connectivity index (χ2n) is 4.94. The molecule has 0 aromatic rings. The second-order valence-corrected chi connectivity index (χ2v) is 5.56. The molecule has 0 aromatic carbocycles. The van der Waals surface area contributed by atoms with E-state index >= 15 is 0 Å². The van der Waals surface area contributed by atoms with Crippen LogP contribution in [0.15, 0.2) is 0 Å². The fourth-order valence-electron chi connectivity index (χ4n) is 1.08. The molecule has 0 rings (SSSR count). The summed E-state index contributed by atoms with van der Waals surface area (Å²) in [5.41, 5.74) is -0.585. The number of rotatable bonds is 4. The molecule has 0 saturated heterocycles. The molecule has 1 unspecified atom stereocenters. The van der Waals surface area contributed by atoms with Crippen molar-refractivity contribution >= 4 is 34.7 Å². The summed E-state index contributed by atoms with van der Waals surface area (Å²) in [6.07, 6.45) is -0.610. The van der Waals surface area contributed by atoms with Crippen molar-refractivity contribution in [2.45, 2.75) is 46.3 Å². The van der Waals surface area contributed by atoms with Crippen LogP contribution in [0.4, 0.5) is 4.79 Å². The van der Waals surface area contributed by atoms with Gasteiger partial charge in [-0.25, -0.2) is 9.59 Å². The number of carbonyl (C=O) groups is 2. The Hall–Kier alpha value is -0.530. The van der Waals surface area contributed by atoms with Crippen LogP contribution in [0.5, 0.6) is 0 Å². The van der Waals surface area contributed by atoms with Gasteiger partial charge in [0.15, 0.2) is 0 Å². The minimum atomic E-state index is -0.681. The van der Waals surface area contributed by atoms with Crippen molar-refractivity contribution in [3.63, 3.8) is 0 Å². The summed E-state index contributed by atoms with van der Waals surface area (Å²) >= 11 is 1.93. The van der Waals surface area contributed by atoms with Gasteiger partial charge in [-0.1, -0.05) is 13.8 Å². The number of alkyl halides is 1. The van der Waals surface area contributed by atoms with Gasteiger partial charge in [0.05, 0.1) is 0 Å². The first-order chi connectivity index (χ1) is 7.67. The average Bonchev–Trinajstić information content (AvgIpc) is 2.11. The standard InChI is InChI=1S/C11H20INO4/c1-7(2)8(9(14)16-6-12)13-10(15)17-11(3,4)5/h7-8H,6H2,1-5H3,(H,13,15). The van der Waals surface area contributed by atoms with Crippen LogP contribution in [0.1, 0.15) is 34.6 Å². The summed E-state index contributed by atoms with van der Waals surface area (Å²) in [6, 6.07) is -0.681. The van der Waals surface area contributed by atoms with E-state index in [-0.39, 0.29) is 10.5 Å². The van der Waals surface area contributed by atoms with Gasteiger partial charge in [-0.2, -0.15) is 0 Å². The summed E-state index contributed by atoms with van der Waals surface area (Å²) in [4.78, 5) is 23.1. The van der Waals surface area contributed by atoms with Crippen LogP contribution in [0, 0.1) is 5.92 Å². The van der Waals surface area contributed by atoms with Gasteiger partial charge in [-0.15, -0.1) is 0 Å². The summed E-state index contributed by atoms with van der Waals surface area (Å²) in [6.45, 7) is 8.95. The largest absolute Gasteiger partial charge is 0.453 e. The monoisotopic (exact) mass is 357 g/mol. The molecular formula is C11H20INO4. The summed E-state index contributed by atoms with van der Waals surface area (Å²) in [5, 5.41) is 2.52. The minimum absolute atomic E-state index is 0.0574. The van der Waals surface area contributed by atoms with Crippen LogP contribution in [-0.4, -0.2) is 28.3 Å². The third-order valence-electron chi connectivity index (χ3n) is 1.79. The molecule has 0 radical (unpaired) electrons. The molecule has 6 heteroatoms. The number of esters is 1. The molecule has 0 spiro atoms. The van der Waals surface area contributed by atoms with Gasteiger partial charge >= 0.3 is 12.1 Å². The smallest absolute Gasteiger partial charge is 0.408 e. The molecule has 0 heterocycles. The van der Waals surface area contributed by atoms with Gasteiger partial charge in [0.25, 0.3) is 0 Å². The fourth-order valence-corrected chi connectivity index (χ4v) is 1.38. The second kappa shape index (κ2) is 7.03. The number of carbonyl (C=O) groups excluding carboxylic acids is 2. The molecule has 0 bridgehead atoms. The van der Waals surface area contributed by atoms with E-state index in [1.54, 1.807) is 20.8 Å². The third kappa shape index (κ3) is 7.40. The first-order valence-electron chi connectivity index (χ1n) is 5.39. The van der Waals surface area contributed by atoms with Crippen LogP contribution in [0.3, 0.4) is 0 Å². The van der Waals surface area contributed by atoms with Crippen molar-refractivity contribution in [2.75, 3.05) is 4.61 Å². The maximum atomic E-state index is 11.6. The number of nitrogens with one attached hydrogen (secondary N) is 1. The Morgan fingerprint density at radius 2 is 1.82 bits per heavy atom. The van der Waals surface area contributed by atoms with Crippen LogP contribution in [-0.2, 0) is 14.3 Å². The van der Waals surface area contributed by atoms with Gasteiger partial charge in [0.2, 0.25) is 0 Å². The lowest BCUT2D eigenvalue weighted by Crippen LogP contribution is -2.47. The van der Waals surface area contributed by atoms with E-state index in [2.05, 4.69) is 5.32 Å². The van der Waals surface area contributed by atoms with Crippen LogP contribution >= 0.6 is 22.6 Å². The van der Waals surface area contributed by atoms with Gasteiger partial charge in [-0.3, -0.25) is 0 Å². The number of halogens is 1. The topological polar surface area (TPSA) is 64.6 Å². The Morgan fingerprint density at radius 1 is 1.29 bits per heavy atom. The number of alkyl carbamates (subject to hydrolysis) is 1. The highest BCUT2D eigenvalue weighted by Gasteiger charge is 2.27. The van der Waals surface area contributed by atoms with Gasteiger partial charge in [0.1, 0.15) is 16.3 Å². The van der Waals surface area contributed by atoms with E-state index in [0.717, 1.165) is 0 Å². The Balaban J connectivity index is 4.46. The van der Waals surface area contributed by atoms with Gasteiger partial charge in [0, 0.05) is 0 Å².